The van der Waals surface area contributed by atoms with E-state index in [9.17, 15) is 4.79 Å². The summed E-state index contributed by atoms with van der Waals surface area (Å²) in [5, 5.41) is 4.34. The van der Waals surface area contributed by atoms with Crippen molar-refractivity contribution in [1.82, 2.24) is 15.2 Å². The Morgan fingerprint density at radius 1 is 1.47 bits per heavy atom. The standard InChI is InChI=1S/C12H19N3OS.2ClH/c1-9-14-7-11(17-9)8-15(2)12(16)10-3-5-13-6-4-10;;/h7,10,13H,3-6,8H2,1-2H3;2*1H. The minimum absolute atomic E-state index is 0. The Balaban J connectivity index is 0.00000162. The van der Waals surface area contributed by atoms with Crippen LogP contribution in [0.1, 0.15) is 22.7 Å². The fourth-order valence-electron chi connectivity index (χ4n) is 2.17. The lowest BCUT2D eigenvalue weighted by Gasteiger charge is -2.26. The van der Waals surface area contributed by atoms with Crippen molar-refractivity contribution >= 4 is 42.1 Å². The maximum atomic E-state index is 12.2. The molecule has 0 aromatic carbocycles. The van der Waals surface area contributed by atoms with Crippen LogP contribution in [0.15, 0.2) is 6.20 Å². The molecule has 0 radical (unpaired) electrons. The third-order valence-corrected chi connectivity index (χ3v) is 4.02. The summed E-state index contributed by atoms with van der Waals surface area (Å²) in [5.41, 5.74) is 0. The molecular weight excluding hydrogens is 305 g/mol. The topological polar surface area (TPSA) is 45.2 Å². The first kappa shape index (κ1) is 18.6. The van der Waals surface area contributed by atoms with Crippen LogP contribution in [0.3, 0.4) is 0 Å². The van der Waals surface area contributed by atoms with Crippen molar-refractivity contribution in [2.45, 2.75) is 26.3 Å². The third kappa shape index (κ3) is 5.26. The van der Waals surface area contributed by atoms with Gasteiger partial charge in [0.25, 0.3) is 0 Å². The number of aromatic nitrogens is 1. The van der Waals surface area contributed by atoms with Crippen molar-refractivity contribution in [3.8, 4) is 0 Å². The molecule has 0 atom stereocenters. The highest BCUT2D eigenvalue weighted by molar-refractivity contribution is 7.11. The van der Waals surface area contributed by atoms with E-state index in [0.29, 0.717) is 6.54 Å². The zero-order chi connectivity index (χ0) is 12.3. The Kier molecular flexibility index (Phi) is 8.57. The predicted octanol–water partition coefficient (Wildman–Crippen LogP) is 2.25. The molecule has 1 N–H and O–H groups in total. The van der Waals surface area contributed by atoms with E-state index in [-0.39, 0.29) is 36.6 Å². The first-order chi connectivity index (χ1) is 8.16. The molecule has 1 fully saturated rings. The lowest BCUT2D eigenvalue weighted by atomic mass is 9.97. The maximum Gasteiger partial charge on any atom is 0.225 e. The van der Waals surface area contributed by atoms with Gasteiger partial charge in [0.2, 0.25) is 5.91 Å². The highest BCUT2D eigenvalue weighted by atomic mass is 35.5. The van der Waals surface area contributed by atoms with E-state index in [1.807, 2.05) is 25.1 Å². The van der Waals surface area contributed by atoms with E-state index in [1.165, 1.54) is 0 Å². The number of halogens is 2. The van der Waals surface area contributed by atoms with Gasteiger partial charge in [-0.25, -0.2) is 4.98 Å². The lowest BCUT2D eigenvalue weighted by Crippen LogP contribution is -2.38. The van der Waals surface area contributed by atoms with Crippen LogP contribution in [-0.4, -0.2) is 35.9 Å². The van der Waals surface area contributed by atoms with Gasteiger partial charge in [-0.15, -0.1) is 36.2 Å². The molecule has 19 heavy (non-hydrogen) atoms. The molecule has 0 aliphatic carbocycles. The van der Waals surface area contributed by atoms with Crippen LogP contribution in [0.25, 0.3) is 0 Å². The number of hydrogen-bond donors (Lipinski definition) is 1. The number of nitrogens with zero attached hydrogens (tertiary/aromatic N) is 2. The van der Waals surface area contributed by atoms with Gasteiger partial charge in [0.15, 0.2) is 0 Å². The molecule has 7 heteroatoms. The van der Waals surface area contributed by atoms with Crippen molar-refractivity contribution < 1.29 is 4.79 Å². The number of rotatable bonds is 3. The monoisotopic (exact) mass is 325 g/mol. The van der Waals surface area contributed by atoms with Crippen LogP contribution in [-0.2, 0) is 11.3 Å². The first-order valence-corrected chi connectivity index (χ1v) is 6.85. The third-order valence-electron chi connectivity index (χ3n) is 3.13. The second-order valence-electron chi connectivity index (χ2n) is 4.56. The van der Waals surface area contributed by atoms with Crippen LogP contribution in [0.4, 0.5) is 0 Å². The molecule has 1 aromatic rings. The van der Waals surface area contributed by atoms with Crippen molar-refractivity contribution in [2.24, 2.45) is 5.92 Å². The number of hydrogen-bond acceptors (Lipinski definition) is 4. The zero-order valence-corrected chi connectivity index (χ0v) is 13.7. The predicted molar refractivity (Wildman–Crippen MR) is 83.4 cm³/mol. The van der Waals surface area contributed by atoms with E-state index in [4.69, 9.17) is 0 Å². The summed E-state index contributed by atoms with van der Waals surface area (Å²) in [6.45, 7) is 4.60. The largest absolute Gasteiger partial charge is 0.340 e. The Morgan fingerprint density at radius 3 is 2.63 bits per heavy atom. The summed E-state index contributed by atoms with van der Waals surface area (Å²) >= 11 is 1.66. The van der Waals surface area contributed by atoms with Gasteiger partial charge in [-0.2, -0.15) is 0 Å². The van der Waals surface area contributed by atoms with Gasteiger partial charge in [-0.1, -0.05) is 0 Å². The normalized spacial score (nSPS) is 15.3. The number of carbonyl (C=O) groups is 1. The molecular formula is C12H21Cl2N3OS. The van der Waals surface area contributed by atoms with E-state index >= 15 is 0 Å². The van der Waals surface area contributed by atoms with Crippen molar-refractivity contribution in [1.29, 1.82) is 0 Å². The van der Waals surface area contributed by atoms with Crippen molar-refractivity contribution in [3.63, 3.8) is 0 Å². The van der Waals surface area contributed by atoms with Gasteiger partial charge in [-0.3, -0.25) is 4.79 Å². The number of thiazole rings is 1. The van der Waals surface area contributed by atoms with Crippen molar-refractivity contribution in [3.05, 3.63) is 16.1 Å². The number of piperidine rings is 1. The minimum Gasteiger partial charge on any atom is -0.340 e. The number of amides is 1. The highest BCUT2D eigenvalue weighted by Crippen LogP contribution is 2.18. The zero-order valence-electron chi connectivity index (χ0n) is 11.2. The second-order valence-corrected chi connectivity index (χ2v) is 5.88. The molecule has 4 nitrogen and oxygen atoms in total. The summed E-state index contributed by atoms with van der Waals surface area (Å²) < 4.78 is 0. The Morgan fingerprint density at radius 2 is 2.11 bits per heavy atom. The second kappa shape index (κ2) is 8.74. The molecule has 1 aromatic heterocycles. The van der Waals surface area contributed by atoms with E-state index in [0.717, 1.165) is 35.8 Å². The first-order valence-electron chi connectivity index (χ1n) is 6.04. The number of carbonyl (C=O) groups excluding carboxylic acids is 1. The lowest BCUT2D eigenvalue weighted by molar-refractivity contribution is -0.135. The van der Waals surface area contributed by atoms with Crippen LogP contribution in [0.2, 0.25) is 0 Å². The van der Waals surface area contributed by atoms with Crippen LogP contribution < -0.4 is 5.32 Å². The van der Waals surface area contributed by atoms with Gasteiger partial charge < -0.3 is 10.2 Å². The fourth-order valence-corrected chi connectivity index (χ4v) is 3.02. The van der Waals surface area contributed by atoms with Crippen LogP contribution >= 0.6 is 36.2 Å². The summed E-state index contributed by atoms with van der Waals surface area (Å²) in [6.07, 6.45) is 3.79. The Bertz CT molecular complexity index is 394. The molecule has 0 bridgehead atoms. The molecule has 1 aliphatic rings. The molecule has 2 rings (SSSR count). The summed E-state index contributed by atoms with van der Waals surface area (Å²) in [7, 11) is 1.89. The maximum absolute atomic E-state index is 12.2. The quantitative estimate of drug-likeness (QED) is 0.927. The van der Waals surface area contributed by atoms with Crippen LogP contribution in [0.5, 0.6) is 0 Å². The summed E-state index contributed by atoms with van der Waals surface area (Å²) in [5.74, 6) is 0.479. The average Bonchev–Trinajstić information content (AvgIpc) is 2.75. The molecule has 110 valence electrons. The van der Waals surface area contributed by atoms with E-state index in [1.54, 1.807) is 11.3 Å². The molecule has 1 saturated heterocycles. The van der Waals surface area contributed by atoms with Gasteiger partial charge >= 0.3 is 0 Å². The van der Waals surface area contributed by atoms with E-state index in [2.05, 4.69) is 10.3 Å². The molecule has 1 amide bonds. The van der Waals surface area contributed by atoms with E-state index < -0.39 is 0 Å². The van der Waals surface area contributed by atoms with Gasteiger partial charge in [0, 0.05) is 24.0 Å². The average molecular weight is 326 g/mol. The minimum atomic E-state index is 0. The van der Waals surface area contributed by atoms with Crippen LogP contribution in [0, 0.1) is 12.8 Å². The summed E-state index contributed by atoms with van der Waals surface area (Å²) in [4.78, 5) is 19.4. The molecule has 1 aliphatic heterocycles. The molecule has 0 spiro atoms. The fraction of sp³-hybridized carbons (Fsp3) is 0.667. The summed E-state index contributed by atoms with van der Waals surface area (Å²) in [6, 6.07) is 0. The Labute approximate surface area is 130 Å². The van der Waals surface area contributed by atoms with Gasteiger partial charge in [-0.05, 0) is 32.9 Å². The SMILES string of the molecule is Cc1ncc(CN(C)C(=O)C2CCNCC2)s1.Cl.Cl. The van der Waals surface area contributed by atoms with Gasteiger partial charge in [0.05, 0.1) is 11.6 Å². The molecule has 2 heterocycles. The number of nitrogens with one attached hydrogen (secondary N) is 1. The van der Waals surface area contributed by atoms with Crippen molar-refractivity contribution in [2.75, 3.05) is 20.1 Å². The highest BCUT2D eigenvalue weighted by Gasteiger charge is 2.24. The molecule has 0 saturated carbocycles. The number of aryl methyl sites for hydroxylation is 1. The van der Waals surface area contributed by atoms with Gasteiger partial charge in [0.1, 0.15) is 0 Å². The smallest absolute Gasteiger partial charge is 0.225 e. The molecule has 0 unspecified atom stereocenters. The Hall–Kier alpha value is -0.360.